The van der Waals surface area contributed by atoms with Gasteiger partial charge in [0.1, 0.15) is 0 Å². The van der Waals surface area contributed by atoms with E-state index >= 15 is 0 Å². The number of phenolic OH excluding ortho intramolecular Hbond substituents is 1. The summed E-state index contributed by atoms with van der Waals surface area (Å²) in [6, 6.07) is 6.01. The van der Waals surface area contributed by atoms with Gasteiger partial charge in [0.2, 0.25) is 0 Å². The number of hydrogen-bond donors (Lipinski definition) is 2. The summed E-state index contributed by atoms with van der Waals surface area (Å²) in [6.07, 6.45) is 5.07. The molecule has 3 nitrogen and oxygen atoms in total. The number of aromatic hydroxyl groups is 1. The lowest BCUT2D eigenvalue weighted by molar-refractivity contribution is 0.373. The van der Waals surface area contributed by atoms with Gasteiger partial charge in [0, 0.05) is 17.8 Å². The molecule has 0 saturated heterocycles. The number of methoxy groups -OCH3 is 1. The molecule has 3 heteroatoms. The van der Waals surface area contributed by atoms with E-state index in [9.17, 15) is 5.11 Å². The highest BCUT2D eigenvalue weighted by molar-refractivity contribution is 5.54. The Kier molecular flexibility index (Phi) is 2.99. The van der Waals surface area contributed by atoms with Crippen LogP contribution in [-0.2, 0) is 0 Å². The zero-order valence-electron chi connectivity index (χ0n) is 8.99. The maximum absolute atomic E-state index is 9.60. The summed E-state index contributed by atoms with van der Waals surface area (Å²) in [5.41, 5.74) is 0.972. The summed E-state index contributed by atoms with van der Waals surface area (Å²) in [4.78, 5) is 0. The van der Waals surface area contributed by atoms with Crippen molar-refractivity contribution in [3.63, 3.8) is 0 Å². The number of rotatable bonds is 3. The van der Waals surface area contributed by atoms with E-state index in [1.54, 1.807) is 19.2 Å². The van der Waals surface area contributed by atoms with Gasteiger partial charge >= 0.3 is 0 Å². The monoisotopic (exact) mass is 207 g/mol. The van der Waals surface area contributed by atoms with Crippen LogP contribution in [0.3, 0.4) is 0 Å². The van der Waals surface area contributed by atoms with Crippen molar-refractivity contribution >= 4 is 5.69 Å². The smallest absolute Gasteiger partial charge is 0.160 e. The SMILES string of the molecule is COc1ccc(NC2CCCC2)cc1O. The van der Waals surface area contributed by atoms with Gasteiger partial charge in [-0.15, -0.1) is 0 Å². The molecule has 1 aromatic carbocycles. The van der Waals surface area contributed by atoms with Crippen LogP contribution in [0.4, 0.5) is 5.69 Å². The fourth-order valence-corrected chi connectivity index (χ4v) is 2.09. The van der Waals surface area contributed by atoms with E-state index in [0.717, 1.165) is 5.69 Å². The van der Waals surface area contributed by atoms with Crippen LogP contribution in [0.2, 0.25) is 0 Å². The molecule has 0 spiro atoms. The van der Waals surface area contributed by atoms with Crippen LogP contribution in [-0.4, -0.2) is 18.3 Å². The molecular weight excluding hydrogens is 190 g/mol. The molecule has 1 saturated carbocycles. The van der Waals surface area contributed by atoms with Crippen molar-refractivity contribution < 1.29 is 9.84 Å². The van der Waals surface area contributed by atoms with Gasteiger partial charge in [0.05, 0.1) is 7.11 Å². The minimum atomic E-state index is 0.195. The number of benzene rings is 1. The molecule has 1 aliphatic carbocycles. The van der Waals surface area contributed by atoms with Crippen LogP contribution >= 0.6 is 0 Å². The molecule has 1 fully saturated rings. The number of hydrogen-bond acceptors (Lipinski definition) is 3. The van der Waals surface area contributed by atoms with Gasteiger partial charge in [-0.25, -0.2) is 0 Å². The van der Waals surface area contributed by atoms with Crippen LogP contribution in [0, 0.1) is 0 Å². The Morgan fingerprint density at radius 2 is 2.07 bits per heavy atom. The Bertz CT molecular complexity index is 332. The summed E-state index contributed by atoms with van der Waals surface area (Å²) in [7, 11) is 1.55. The van der Waals surface area contributed by atoms with E-state index in [-0.39, 0.29) is 5.75 Å². The molecule has 0 atom stereocenters. The van der Waals surface area contributed by atoms with E-state index in [2.05, 4.69) is 5.32 Å². The predicted molar refractivity (Wildman–Crippen MR) is 60.5 cm³/mol. The third-order valence-electron chi connectivity index (χ3n) is 2.90. The van der Waals surface area contributed by atoms with E-state index < -0.39 is 0 Å². The van der Waals surface area contributed by atoms with Crippen molar-refractivity contribution in [2.45, 2.75) is 31.7 Å². The summed E-state index contributed by atoms with van der Waals surface area (Å²) >= 11 is 0. The molecule has 15 heavy (non-hydrogen) atoms. The second-order valence-corrected chi connectivity index (χ2v) is 4.01. The number of ether oxygens (including phenoxy) is 1. The first-order valence-corrected chi connectivity index (χ1v) is 5.43. The number of nitrogens with one attached hydrogen (secondary N) is 1. The largest absolute Gasteiger partial charge is 0.504 e. The summed E-state index contributed by atoms with van der Waals surface area (Å²) in [6.45, 7) is 0. The molecule has 0 aliphatic heterocycles. The molecule has 0 amide bonds. The van der Waals surface area contributed by atoms with Crippen LogP contribution in [0.5, 0.6) is 11.5 Å². The Labute approximate surface area is 90.1 Å². The summed E-state index contributed by atoms with van der Waals surface area (Å²) in [5.74, 6) is 0.715. The van der Waals surface area contributed by atoms with Gasteiger partial charge in [-0.05, 0) is 25.0 Å². The average Bonchev–Trinajstić information content (AvgIpc) is 2.71. The normalized spacial score (nSPS) is 16.6. The quantitative estimate of drug-likeness (QED) is 0.800. The van der Waals surface area contributed by atoms with Crippen molar-refractivity contribution in [3.8, 4) is 11.5 Å². The lowest BCUT2D eigenvalue weighted by Gasteiger charge is -2.14. The van der Waals surface area contributed by atoms with Gasteiger partial charge in [-0.2, -0.15) is 0 Å². The van der Waals surface area contributed by atoms with Gasteiger partial charge in [0.15, 0.2) is 11.5 Å². The fourth-order valence-electron chi connectivity index (χ4n) is 2.09. The van der Waals surface area contributed by atoms with Gasteiger partial charge < -0.3 is 15.2 Å². The first kappa shape index (κ1) is 10.1. The maximum atomic E-state index is 9.60. The summed E-state index contributed by atoms with van der Waals surface area (Å²) < 4.78 is 4.99. The van der Waals surface area contributed by atoms with Crippen molar-refractivity contribution in [3.05, 3.63) is 18.2 Å². The van der Waals surface area contributed by atoms with Crippen LogP contribution in [0.1, 0.15) is 25.7 Å². The Hall–Kier alpha value is -1.38. The number of anilines is 1. The van der Waals surface area contributed by atoms with Crippen molar-refractivity contribution in [2.24, 2.45) is 0 Å². The molecule has 0 bridgehead atoms. The second-order valence-electron chi connectivity index (χ2n) is 4.01. The zero-order chi connectivity index (χ0) is 10.7. The molecular formula is C12H17NO2. The molecule has 1 aliphatic rings. The Morgan fingerprint density at radius 3 is 2.67 bits per heavy atom. The Morgan fingerprint density at radius 1 is 1.33 bits per heavy atom. The maximum Gasteiger partial charge on any atom is 0.160 e. The minimum absolute atomic E-state index is 0.195. The predicted octanol–water partition coefficient (Wildman–Crippen LogP) is 2.76. The molecule has 0 heterocycles. The summed E-state index contributed by atoms with van der Waals surface area (Å²) in [5, 5.41) is 13.0. The van der Waals surface area contributed by atoms with Crippen LogP contribution in [0.25, 0.3) is 0 Å². The molecule has 0 aromatic heterocycles. The minimum Gasteiger partial charge on any atom is -0.504 e. The third kappa shape index (κ3) is 2.35. The molecule has 0 unspecified atom stereocenters. The van der Waals surface area contributed by atoms with Crippen molar-refractivity contribution in [1.82, 2.24) is 0 Å². The van der Waals surface area contributed by atoms with Crippen LogP contribution in [0.15, 0.2) is 18.2 Å². The van der Waals surface area contributed by atoms with Crippen LogP contribution < -0.4 is 10.1 Å². The molecule has 0 radical (unpaired) electrons. The first-order chi connectivity index (χ1) is 7.29. The second kappa shape index (κ2) is 4.43. The van der Waals surface area contributed by atoms with E-state index in [1.165, 1.54) is 25.7 Å². The van der Waals surface area contributed by atoms with Gasteiger partial charge in [-0.3, -0.25) is 0 Å². The standard InChI is InChI=1S/C12H17NO2/c1-15-12-7-6-10(8-11(12)14)13-9-4-2-3-5-9/h6-9,13-14H,2-5H2,1H3. The molecule has 82 valence electrons. The lowest BCUT2D eigenvalue weighted by atomic mass is 10.2. The van der Waals surface area contributed by atoms with E-state index in [0.29, 0.717) is 11.8 Å². The zero-order valence-corrected chi connectivity index (χ0v) is 8.99. The molecule has 2 rings (SSSR count). The Balaban J connectivity index is 2.05. The lowest BCUT2D eigenvalue weighted by Crippen LogP contribution is -2.14. The molecule has 1 aromatic rings. The number of phenols is 1. The van der Waals surface area contributed by atoms with Crippen molar-refractivity contribution in [1.29, 1.82) is 0 Å². The fraction of sp³-hybridized carbons (Fsp3) is 0.500. The van der Waals surface area contributed by atoms with E-state index in [4.69, 9.17) is 4.74 Å². The topological polar surface area (TPSA) is 41.5 Å². The average molecular weight is 207 g/mol. The van der Waals surface area contributed by atoms with E-state index in [1.807, 2.05) is 6.07 Å². The van der Waals surface area contributed by atoms with Gasteiger partial charge in [0.25, 0.3) is 0 Å². The van der Waals surface area contributed by atoms with Crippen molar-refractivity contribution in [2.75, 3.05) is 12.4 Å². The van der Waals surface area contributed by atoms with Gasteiger partial charge in [-0.1, -0.05) is 12.8 Å². The highest BCUT2D eigenvalue weighted by Crippen LogP contribution is 2.30. The molecule has 2 N–H and O–H groups in total. The highest BCUT2D eigenvalue weighted by atomic mass is 16.5. The first-order valence-electron chi connectivity index (χ1n) is 5.43. The highest BCUT2D eigenvalue weighted by Gasteiger charge is 2.14. The third-order valence-corrected chi connectivity index (χ3v) is 2.90.